The Morgan fingerprint density at radius 3 is 2.04 bits per heavy atom. The van der Waals surface area contributed by atoms with E-state index in [0.29, 0.717) is 6.54 Å². The number of hydrazone groups is 1. The van der Waals surface area contributed by atoms with Crippen LogP contribution in [0.4, 0.5) is 0 Å². The maximum atomic E-state index is 10.6. The lowest BCUT2D eigenvalue weighted by atomic mass is 10.0. The van der Waals surface area contributed by atoms with E-state index in [0.717, 1.165) is 0 Å². The number of carboxylic acids is 2. The third-order valence-electron chi connectivity index (χ3n) is 2.56. The quantitative estimate of drug-likeness (QED) is 0.273. The average Bonchev–Trinajstić information content (AvgIpc) is 2.46. The van der Waals surface area contributed by atoms with Crippen LogP contribution >= 0.6 is 0 Å². The van der Waals surface area contributed by atoms with Crippen LogP contribution in [0.25, 0.3) is 0 Å². The minimum Gasteiger partial charge on any atom is -0.478 e. The second-order valence-electron chi connectivity index (χ2n) is 4.06. The number of nitrogens with one attached hydrogen (secondary N) is 2. The smallest absolute Gasteiger partial charge is 0.335 e. The third-order valence-corrected chi connectivity index (χ3v) is 2.56. The Morgan fingerprint density at radius 2 is 1.74 bits per heavy atom. The van der Waals surface area contributed by atoms with Crippen LogP contribution in [0, 0.1) is 17.0 Å². The van der Waals surface area contributed by atoms with Crippen molar-refractivity contribution in [2.75, 3.05) is 13.6 Å². The Morgan fingerprint density at radius 1 is 1.26 bits per heavy atom. The molecule has 23 heavy (non-hydrogen) atoms. The number of carboxylic acid groups (broad SMARTS) is 2. The third kappa shape index (κ3) is 6.89. The van der Waals surface area contributed by atoms with Gasteiger partial charge in [0.25, 0.3) is 5.96 Å². The summed E-state index contributed by atoms with van der Waals surface area (Å²) in [5.74, 6) is -2.05. The monoisotopic (exact) mass is 326 g/mol. The molecule has 1 rings (SSSR count). The standard InChI is InChI=1S/C9H8O4.C4H10N4O2/c1-5-6(8(10)11)3-2-4-7(5)9(12)13;1-3-6-4(5-2)7-8(9)10/h2-4H,1H3,(H,10,11)(H,12,13);3H2,1-2H3,(H2,5,6,7). The van der Waals surface area contributed by atoms with E-state index in [9.17, 15) is 19.7 Å². The summed E-state index contributed by atoms with van der Waals surface area (Å²) in [4.78, 5) is 31.0. The van der Waals surface area contributed by atoms with E-state index in [1.54, 1.807) is 7.05 Å². The van der Waals surface area contributed by atoms with E-state index in [1.165, 1.54) is 25.1 Å². The van der Waals surface area contributed by atoms with Crippen molar-refractivity contribution in [2.24, 2.45) is 5.10 Å². The van der Waals surface area contributed by atoms with Crippen molar-refractivity contribution in [3.8, 4) is 0 Å². The summed E-state index contributed by atoms with van der Waals surface area (Å²) < 4.78 is 0. The first-order valence-corrected chi connectivity index (χ1v) is 6.45. The van der Waals surface area contributed by atoms with E-state index in [1.807, 2.05) is 6.92 Å². The molecule has 0 atom stereocenters. The molecule has 4 N–H and O–H groups in total. The molecule has 0 saturated heterocycles. The lowest BCUT2D eigenvalue weighted by Crippen LogP contribution is -2.35. The summed E-state index contributed by atoms with van der Waals surface area (Å²) in [6.07, 6.45) is 0. The molecule has 0 unspecified atom stereocenters. The van der Waals surface area contributed by atoms with E-state index in [-0.39, 0.29) is 22.6 Å². The molecule has 0 aliphatic rings. The highest BCUT2D eigenvalue weighted by atomic mass is 16.7. The van der Waals surface area contributed by atoms with Gasteiger partial charge in [-0.15, -0.1) is 0 Å². The predicted octanol–water partition coefficient (Wildman–Crippen LogP) is 0.754. The van der Waals surface area contributed by atoms with Crippen LogP contribution < -0.4 is 10.6 Å². The van der Waals surface area contributed by atoms with E-state index >= 15 is 0 Å². The van der Waals surface area contributed by atoms with Gasteiger partial charge in [0.05, 0.1) is 11.1 Å². The van der Waals surface area contributed by atoms with Crippen molar-refractivity contribution >= 4 is 17.9 Å². The van der Waals surface area contributed by atoms with Crippen molar-refractivity contribution in [3.05, 3.63) is 45.0 Å². The van der Waals surface area contributed by atoms with Crippen molar-refractivity contribution in [1.82, 2.24) is 10.6 Å². The Hall–Kier alpha value is -3.17. The summed E-state index contributed by atoms with van der Waals surface area (Å²) in [6, 6.07) is 4.17. The first-order valence-electron chi connectivity index (χ1n) is 6.45. The maximum absolute atomic E-state index is 10.6. The van der Waals surface area contributed by atoms with Crippen LogP contribution in [0.5, 0.6) is 0 Å². The molecule has 1 aromatic carbocycles. The predicted molar refractivity (Wildman–Crippen MR) is 82.3 cm³/mol. The summed E-state index contributed by atoms with van der Waals surface area (Å²) in [7, 11) is 1.56. The molecule has 0 radical (unpaired) electrons. The molecule has 0 fully saturated rings. The highest BCUT2D eigenvalue weighted by Gasteiger charge is 2.13. The molecule has 0 heterocycles. The number of nitrogens with zero attached hydrogens (tertiary/aromatic N) is 2. The molecule has 0 bridgehead atoms. The molecule has 0 aliphatic carbocycles. The van der Waals surface area contributed by atoms with Gasteiger partial charge in [-0.2, -0.15) is 0 Å². The summed E-state index contributed by atoms with van der Waals surface area (Å²) in [6.45, 7) is 3.91. The second-order valence-corrected chi connectivity index (χ2v) is 4.06. The van der Waals surface area contributed by atoms with Crippen LogP contribution in [0.1, 0.15) is 33.2 Å². The number of benzene rings is 1. The Balaban J connectivity index is 0.000000438. The van der Waals surface area contributed by atoms with Crippen LogP contribution in [-0.2, 0) is 0 Å². The molecule has 10 heteroatoms. The first-order chi connectivity index (χ1) is 10.7. The van der Waals surface area contributed by atoms with E-state index in [2.05, 4.69) is 15.7 Å². The van der Waals surface area contributed by atoms with Crippen LogP contribution in [0.15, 0.2) is 23.3 Å². The zero-order chi connectivity index (χ0) is 18.0. The van der Waals surface area contributed by atoms with Crippen molar-refractivity contribution in [3.63, 3.8) is 0 Å². The summed E-state index contributed by atoms with van der Waals surface area (Å²) in [5, 5.41) is 34.6. The number of nitro groups is 1. The number of hydrogen-bond acceptors (Lipinski definition) is 4. The fourth-order valence-electron chi connectivity index (χ4n) is 1.52. The molecule has 0 aromatic heterocycles. The highest BCUT2D eigenvalue weighted by molar-refractivity contribution is 5.96. The molecule has 10 nitrogen and oxygen atoms in total. The molecule has 0 amide bonds. The fraction of sp³-hybridized carbons (Fsp3) is 0.308. The normalized spacial score (nSPS) is 10.1. The molecular weight excluding hydrogens is 308 g/mol. The van der Waals surface area contributed by atoms with Gasteiger partial charge in [0.15, 0.2) is 5.03 Å². The van der Waals surface area contributed by atoms with Crippen LogP contribution in [-0.4, -0.2) is 46.7 Å². The SMILES string of the molecule is CCNC(=N[N+](=O)[O-])NC.Cc1c(C(=O)O)cccc1C(=O)O. The molecule has 1 aromatic rings. The largest absolute Gasteiger partial charge is 0.478 e. The van der Waals surface area contributed by atoms with Crippen LogP contribution in [0.2, 0.25) is 0 Å². The number of carbonyl (C=O) groups is 2. The fourth-order valence-corrected chi connectivity index (χ4v) is 1.52. The van der Waals surface area contributed by atoms with Gasteiger partial charge in [-0.05, 0) is 31.5 Å². The minimum absolute atomic E-state index is 0.0277. The molecule has 126 valence electrons. The molecule has 0 spiro atoms. The van der Waals surface area contributed by atoms with Gasteiger partial charge in [-0.25, -0.2) is 19.7 Å². The zero-order valence-corrected chi connectivity index (χ0v) is 12.9. The van der Waals surface area contributed by atoms with Crippen molar-refractivity contribution in [1.29, 1.82) is 0 Å². The topological polar surface area (TPSA) is 154 Å². The number of hydrogen-bond donors (Lipinski definition) is 4. The maximum Gasteiger partial charge on any atom is 0.335 e. The molecular formula is C13H18N4O6. The Labute approximate surface area is 132 Å². The van der Waals surface area contributed by atoms with Gasteiger partial charge in [0.2, 0.25) is 0 Å². The van der Waals surface area contributed by atoms with E-state index < -0.39 is 17.0 Å². The lowest BCUT2D eigenvalue weighted by Gasteiger charge is -2.03. The van der Waals surface area contributed by atoms with Crippen molar-refractivity contribution in [2.45, 2.75) is 13.8 Å². The van der Waals surface area contributed by atoms with E-state index in [4.69, 9.17) is 10.2 Å². The number of guanidine groups is 1. The van der Waals surface area contributed by atoms with Crippen molar-refractivity contribution < 1.29 is 24.8 Å². The van der Waals surface area contributed by atoms with Gasteiger partial charge >= 0.3 is 11.9 Å². The van der Waals surface area contributed by atoms with Gasteiger partial charge in [-0.1, -0.05) is 6.07 Å². The summed E-state index contributed by atoms with van der Waals surface area (Å²) >= 11 is 0. The number of aromatic carboxylic acids is 2. The summed E-state index contributed by atoms with van der Waals surface area (Å²) in [5.41, 5.74) is 0.335. The van der Waals surface area contributed by atoms with Gasteiger partial charge in [-0.3, -0.25) is 0 Å². The van der Waals surface area contributed by atoms with Gasteiger partial charge in [0.1, 0.15) is 5.10 Å². The zero-order valence-electron chi connectivity index (χ0n) is 12.9. The highest BCUT2D eigenvalue weighted by Crippen LogP contribution is 2.13. The Kier molecular flexibility index (Phi) is 8.37. The lowest BCUT2D eigenvalue weighted by molar-refractivity contribution is -0.485. The second kappa shape index (κ2) is 9.71. The Bertz CT molecular complexity index is 582. The first kappa shape index (κ1) is 19.8. The average molecular weight is 326 g/mol. The van der Waals surface area contributed by atoms with Gasteiger partial charge in [0, 0.05) is 13.6 Å². The number of rotatable bonds is 4. The molecule has 0 aliphatic heterocycles. The van der Waals surface area contributed by atoms with Crippen LogP contribution in [0.3, 0.4) is 0 Å². The minimum atomic E-state index is -1.11. The van der Waals surface area contributed by atoms with Gasteiger partial charge < -0.3 is 20.8 Å². The molecule has 0 saturated carbocycles.